The standard InChI is InChI=1S/C37H43NO5S/c1-33-12-9-24(39)19-35(33)15-16-37(26(20-35)31(40)28-18-23-6-3-4-8-27(23)44-28)29(33)10-13-34(2)30(37)11-14-36(34)22-38(32(41)43-36)21-25-7-5-17-42-25/h3-4,6,8,15-16,18,20,24-25,29-30,39H,5,7,9-14,17,19,21-22H2,1-2H3/t24-,25+,29+,30+,33+,34-,35-,36+,37-/m0/s1. The molecular formula is C37H43NO5S. The van der Waals surface area contributed by atoms with E-state index in [2.05, 4.69) is 50.3 Å². The van der Waals surface area contributed by atoms with Gasteiger partial charge in [-0.15, -0.1) is 11.3 Å². The van der Waals surface area contributed by atoms with Crippen molar-refractivity contribution in [2.75, 3.05) is 19.7 Å². The van der Waals surface area contributed by atoms with Crippen molar-refractivity contribution < 1.29 is 24.2 Å². The number of benzene rings is 1. The van der Waals surface area contributed by atoms with Crippen molar-refractivity contribution >= 4 is 33.3 Å². The lowest BCUT2D eigenvalue weighted by Crippen LogP contribution is -2.67. The van der Waals surface area contributed by atoms with E-state index in [9.17, 15) is 14.7 Å². The van der Waals surface area contributed by atoms with E-state index in [4.69, 9.17) is 9.47 Å². The average molecular weight is 614 g/mol. The number of nitrogens with zero attached hydrogens (tertiary/aromatic N) is 1. The van der Waals surface area contributed by atoms with Crippen molar-refractivity contribution in [3.8, 4) is 0 Å². The van der Waals surface area contributed by atoms with E-state index in [1.807, 2.05) is 17.0 Å². The number of Topliss-reactive ketones (excluding diaryl/α,β-unsaturated/α-hetero) is 1. The topological polar surface area (TPSA) is 76.1 Å². The number of thiophene rings is 1. The highest BCUT2D eigenvalue weighted by atomic mass is 32.1. The fraction of sp³-hybridized carbons (Fsp3) is 0.622. The molecule has 232 valence electrons. The quantitative estimate of drug-likeness (QED) is 0.289. The maximum Gasteiger partial charge on any atom is 0.410 e. The summed E-state index contributed by atoms with van der Waals surface area (Å²) in [5.74, 6) is 0.641. The Morgan fingerprint density at radius 3 is 2.66 bits per heavy atom. The highest BCUT2D eigenvalue weighted by Gasteiger charge is 2.76. The molecule has 44 heavy (non-hydrogen) atoms. The average Bonchev–Trinajstić information content (AvgIpc) is 3.80. The SMILES string of the molecule is C[C@]12CC[C@H]3[C@@]4(C=C[C@@]5(C=C4C(=O)c4cc6ccccc6s4)C[C@@H](O)CC[C@]35C)[C@@H]1CC[C@@]21CN(C[C@H]2CCCO2)C(=O)O1. The zero-order valence-electron chi connectivity index (χ0n) is 25.8. The van der Waals surface area contributed by atoms with Crippen LogP contribution in [-0.2, 0) is 9.47 Å². The Bertz CT molecular complexity index is 1610. The zero-order chi connectivity index (χ0) is 30.1. The van der Waals surface area contributed by atoms with Gasteiger partial charge in [-0.05, 0) is 92.6 Å². The van der Waals surface area contributed by atoms with E-state index in [1.54, 1.807) is 11.3 Å². The minimum atomic E-state index is -0.553. The third-order valence-corrected chi connectivity index (χ3v) is 15.1. The van der Waals surface area contributed by atoms with Crippen LogP contribution in [0.2, 0.25) is 0 Å². The zero-order valence-corrected chi connectivity index (χ0v) is 26.7. The summed E-state index contributed by atoms with van der Waals surface area (Å²) in [5.41, 5.74) is -0.632. The molecule has 0 unspecified atom stereocenters. The first kappa shape index (κ1) is 27.8. The van der Waals surface area contributed by atoms with Gasteiger partial charge in [-0.2, -0.15) is 0 Å². The highest BCUT2D eigenvalue weighted by molar-refractivity contribution is 7.21. The molecule has 8 aliphatic rings. The molecule has 0 radical (unpaired) electrons. The number of carbonyl (C=O) groups excluding carboxylic acids is 2. The normalized spacial score (nSPS) is 45.4. The number of hydrogen-bond acceptors (Lipinski definition) is 6. The van der Waals surface area contributed by atoms with Crippen LogP contribution in [0, 0.1) is 33.5 Å². The third-order valence-electron chi connectivity index (χ3n) is 14.0. The van der Waals surface area contributed by atoms with E-state index in [0.29, 0.717) is 25.4 Å². The van der Waals surface area contributed by atoms with Gasteiger partial charge in [0.1, 0.15) is 5.60 Å². The van der Waals surface area contributed by atoms with Crippen molar-refractivity contribution in [3.63, 3.8) is 0 Å². The highest BCUT2D eigenvalue weighted by Crippen LogP contribution is 2.79. The summed E-state index contributed by atoms with van der Waals surface area (Å²) in [6, 6.07) is 10.3. The van der Waals surface area contributed by atoms with Gasteiger partial charge in [0, 0.05) is 33.1 Å². The Morgan fingerprint density at radius 1 is 1.05 bits per heavy atom. The van der Waals surface area contributed by atoms with Crippen LogP contribution in [0.3, 0.4) is 0 Å². The molecule has 5 fully saturated rings. The monoisotopic (exact) mass is 613 g/mol. The Balaban J connectivity index is 1.16. The van der Waals surface area contributed by atoms with Crippen LogP contribution in [0.25, 0.3) is 10.1 Å². The molecule has 3 spiro atoms. The summed E-state index contributed by atoms with van der Waals surface area (Å²) in [6.07, 6.45) is 14.9. The van der Waals surface area contributed by atoms with E-state index in [0.717, 1.165) is 78.5 Å². The molecule has 2 saturated heterocycles. The van der Waals surface area contributed by atoms with Crippen LogP contribution in [0.15, 0.2) is 54.1 Å². The smallest absolute Gasteiger partial charge is 0.410 e. The van der Waals surface area contributed by atoms with Gasteiger partial charge < -0.3 is 19.5 Å². The number of ketones is 1. The second-order valence-electron chi connectivity index (χ2n) is 15.6. The van der Waals surface area contributed by atoms with Crippen molar-refractivity contribution in [1.82, 2.24) is 4.90 Å². The maximum atomic E-state index is 14.9. The molecule has 2 bridgehead atoms. The number of allylic oxidation sites excluding steroid dienone is 4. The van der Waals surface area contributed by atoms with Gasteiger partial charge in [0.05, 0.1) is 30.2 Å². The van der Waals surface area contributed by atoms with Crippen molar-refractivity contribution in [3.05, 3.63) is 59.0 Å². The van der Waals surface area contributed by atoms with Gasteiger partial charge in [-0.25, -0.2) is 4.79 Å². The Labute approximate surface area is 263 Å². The van der Waals surface area contributed by atoms with E-state index in [-0.39, 0.29) is 46.2 Å². The van der Waals surface area contributed by atoms with E-state index < -0.39 is 11.0 Å². The van der Waals surface area contributed by atoms with E-state index >= 15 is 0 Å². The molecule has 6 nitrogen and oxygen atoms in total. The minimum Gasteiger partial charge on any atom is -0.440 e. The first-order chi connectivity index (χ1) is 21.1. The van der Waals surface area contributed by atoms with Crippen molar-refractivity contribution in [2.45, 2.75) is 89.4 Å². The van der Waals surface area contributed by atoms with Crippen LogP contribution in [0.1, 0.15) is 81.3 Å². The molecule has 1 amide bonds. The van der Waals surface area contributed by atoms with Gasteiger partial charge in [0.15, 0.2) is 5.78 Å². The predicted molar refractivity (Wildman–Crippen MR) is 170 cm³/mol. The van der Waals surface area contributed by atoms with Crippen LogP contribution in [0.5, 0.6) is 0 Å². The minimum absolute atomic E-state index is 0.0276. The number of ether oxygens (including phenoxy) is 2. The van der Waals surface area contributed by atoms with Crippen molar-refractivity contribution in [1.29, 1.82) is 0 Å². The summed E-state index contributed by atoms with van der Waals surface area (Å²) in [6.45, 7) is 6.81. The molecule has 10 rings (SSSR count). The van der Waals surface area contributed by atoms with Gasteiger partial charge >= 0.3 is 6.09 Å². The van der Waals surface area contributed by atoms with Crippen LogP contribution in [0.4, 0.5) is 4.79 Å². The Morgan fingerprint density at radius 2 is 1.84 bits per heavy atom. The lowest BCUT2D eigenvalue weighted by Gasteiger charge is -2.71. The molecule has 1 N–H and O–H groups in total. The van der Waals surface area contributed by atoms with E-state index in [1.165, 1.54) is 0 Å². The van der Waals surface area contributed by atoms with Crippen LogP contribution < -0.4 is 0 Å². The molecule has 1 aromatic heterocycles. The molecule has 1 aromatic carbocycles. The second kappa shape index (κ2) is 9.07. The number of aliphatic hydroxyl groups is 1. The molecule has 2 aliphatic heterocycles. The Kier molecular flexibility index (Phi) is 5.73. The summed E-state index contributed by atoms with van der Waals surface area (Å²) in [4.78, 5) is 31.1. The molecule has 2 aromatic rings. The lowest BCUT2D eigenvalue weighted by molar-refractivity contribution is -0.164. The first-order valence-electron chi connectivity index (χ1n) is 16.9. The third kappa shape index (κ3) is 3.34. The number of carbonyl (C=O) groups is 2. The maximum absolute atomic E-state index is 14.9. The summed E-state index contributed by atoms with van der Waals surface area (Å²) in [7, 11) is 0. The van der Waals surface area contributed by atoms with Crippen LogP contribution >= 0.6 is 11.3 Å². The fourth-order valence-electron chi connectivity index (χ4n) is 11.8. The second-order valence-corrected chi connectivity index (χ2v) is 16.7. The molecule has 9 atom stereocenters. The van der Waals surface area contributed by atoms with Gasteiger partial charge in [0.25, 0.3) is 0 Å². The van der Waals surface area contributed by atoms with Gasteiger partial charge in [-0.1, -0.05) is 50.3 Å². The number of hydrogen-bond donors (Lipinski definition) is 1. The summed E-state index contributed by atoms with van der Waals surface area (Å²) >= 11 is 1.60. The Hall–Kier alpha value is -2.48. The summed E-state index contributed by atoms with van der Waals surface area (Å²) < 4.78 is 13.6. The molecule has 7 heteroatoms. The molecule has 3 saturated carbocycles. The lowest BCUT2D eigenvalue weighted by atomic mass is 9.32. The van der Waals surface area contributed by atoms with Gasteiger partial charge in [-0.3, -0.25) is 4.79 Å². The summed E-state index contributed by atoms with van der Waals surface area (Å²) in [5, 5.41) is 12.1. The number of aliphatic hydroxyl groups excluding tert-OH is 1. The predicted octanol–water partition coefficient (Wildman–Crippen LogP) is 7.31. The molecule has 3 heterocycles. The number of rotatable bonds is 4. The molecule has 6 aliphatic carbocycles. The largest absolute Gasteiger partial charge is 0.440 e. The molecular weight excluding hydrogens is 570 g/mol. The first-order valence-corrected chi connectivity index (χ1v) is 17.7. The van der Waals surface area contributed by atoms with Crippen LogP contribution in [-0.4, -0.2) is 59.4 Å². The van der Waals surface area contributed by atoms with Gasteiger partial charge in [0.2, 0.25) is 0 Å². The van der Waals surface area contributed by atoms with Crippen molar-refractivity contribution in [2.24, 2.45) is 33.5 Å². The number of amides is 1. The number of fused-ring (bicyclic) bond motifs is 3. The fourth-order valence-corrected chi connectivity index (χ4v) is 12.8.